The van der Waals surface area contributed by atoms with E-state index < -0.39 is 0 Å². The lowest BCUT2D eigenvalue weighted by Gasteiger charge is -2.05. The van der Waals surface area contributed by atoms with Gasteiger partial charge in [0.05, 0.1) is 20.0 Å². The first-order chi connectivity index (χ1) is 14.6. The monoisotopic (exact) mass is 422 g/mol. The second-order valence-electron chi connectivity index (χ2n) is 6.77. The van der Waals surface area contributed by atoms with E-state index in [4.69, 9.17) is 18.4 Å². The molecule has 154 valence electrons. The zero-order valence-electron chi connectivity index (χ0n) is 17.0. The zero-order chi connectivity index (χ0) is 20.9. The van der Waals surface area contributed by atoms with Crippen molar-refractivity contribution in [1.82, 2.24) is 10.1 Å². The van der Waals surface area contributed by atoms with Gasteiger partial charge in [-0.2, -0.15) is 4.98 Å². The minimum atomic E-state index is 0.335. The molecule has 4 rings (SSSR count). The number of hydrogen-bond acceptors (Lipinski definition) is 7. The van der Waals surface area contributed by atoms with E-state index in [0.29, 0.717) is 29.0 Å². The first-order valence-electron chi connectivity index (χ1n) is 9.44. The number of aryl methyl sites for hydroxylation is 1. The normalized spacial score (nSPS) is 10.9. The summed E-state index contributed by atoms with van der Waals surface area (Å²) in [6.45, 7) is 2.10. The summed E-state index contributed by atoms with van der Waals surface area (Å²) >= 11 is 1.80. The van der Waals surface area contributed by atoms with Gasteiger partial charge in [-0.05, 0) is 36.8 Å². The molecule has 0 fully saturated rings. The van der Waals surface area contributed by atoms with Gasteiger partial charge in [0.2, 0.25) is 5.82 Å². The molecule has 0 N–H and O–H groups in total. The van der Waals surface area contributed by atoms with Crippen LogP contribution in [0.5, 0.6) is 11.5 Å². The summed E-state index contributed by atoms with van der Waals surface area (Å²) in [5.41, 5.74) is 3.32. The quantitative estimate of drug-likeness (QED) is 0.358. The van der Waals surface area contributed by atoms with Crippen molar-refractivity contribution in [2.75, 3.05) is 14.2 Å². The summed E-state index contributed by atoms with van der Waals surface area (Å²) in [6.07, 6.45) is 0. The summed E-state index contributed by atoms with van der Waals surface area (Å²) in [5, 5.41) is 4.07. The van der Waals surface area contributed by atoms with Gasteiger partial charge in [0.1, 0.15) is 17.3 Å². The number of thioether (sulfide) groups is 1. The molecule has 2 heterocycles. The third-order valence-corrected chi connectivity index (χ3v) is 5.53. The number of methoxy groups -OCH3 is 2. The highest BCUT2D eigenvalue weighted by Crippen LogP contribution is 2.30. The van der Waals surface area contributed by atoms with Crippen molar-refractivity contribution in [2.24, 2.45) is 0 Å². The summed E-state index contributed by atoms with van der Waals surface area (Å²) in [7, 11) is 3.20. The van der Waals surface area contributed by atoms with Gasteiger partial charge in [-0.1, -0.05) is 35.0 Å². The molecule has 0 aliphatic heterocycles. The van der Waals surface area contributed by atoms with Crippen LogP contribution >= 0.6 is 11.8 Å². The third kappa shape index (κ3) is 4.68. The van der Waals surface area contributed by atoms with Crippen molar-refractivity contribution >= 4 is 11.8 Å². The number of ether oxygens (including phenoxy) is 2. The Kier molecular flexibility index (Phi) is 6.09. The van der Waals surface area contributed by atoms with Gasteiger partial charge in [0.15, 0.2) is 5.76 Å². The molecule has 2 aromatic heterocycles. The van der Waals surface area contributed by atoms with Crippen LogP contribution in [-0.4, -0.2) is 24.4 Å². The van der Waals surface area contributed by atoms with E-state index in [1.807, 2.05) is 24.3 Å². The molecular weight excluding hydrogens is 400 g/mol. The van der Waals surface area contributed by atoms with Gasteiger partial charge in [0, 0.05) is 17.4 Å². The summed E-state index contributed by atoms with van der Waals surface area (Å²) in [6, 6.07) is 17.8. The molecule has 0 unspecified atom stereocenters. The molecule has 0 spiro atoms. The Bertz CT molecular complexity index is 1110. The molecule has 0 bridgehead atoms. The minimum absolute atomic E-state index is 0.335. The summed E-state index contributed by atoms with van der Waals surface area (Å²) in [4.78, 5) is 4.46. The molecule has 6 nitrogen and oxygen atoms in total. The van der Waals surface area contributed by atoms with E-state index in [0.717, 1.165) is 22.8 Å². The fourth-order valence-electron chi connectivity index (χ4n) is 3.02. The molecule has 0 amide bonds. The molecule has 0 aliphatic rings. The van der Waals surface area contributed by atoms with E-state index >= 15 is 0 Å². The second kappa shape index (κ2) is 9.09. The van der Waals surface area contributed by atoms with Gasteiger partial charge in [-0.15, -0.1) is 11.8 Å². The van der Waals surface area contributed by atoms with Gasteiger partial charge in [-0.25, -0.2) is 0 Å². The Balaban J connectivity index is 1.44. The van der Waals surface area contributed by atoms with E-state index in [-0.39, 0.29) is 0 Å². The van der Waals surface area contributed by atoms with Gasteiger partial charge < -0.3 is 18.4 Å². The molecule has 30 heavy (non-hydrogen) atoms. The Hall–Kier alpha value is -3.19. The number of benzene rings is 2. The number of hydrogen-bond donors (Lipinski definition) is 0. The lowest BCUT2D eigenvalue weighted by molar-refractivity contribution is 0.394. The molecular formula is C23H22N2O4S. The van der Waals surface area contributed by atoms with Gasteiger partial charge >= 0.3 is 0 Å². The average Bonchev–Trinajstić information content (AvgIpc) is 3.43. The molecule has 7 heteroatoms. The van der Waals surface area contributed by atoms with Crippen molar-refractivity contribution in [3.8, 4) is 34.5 Å². The van der Waals surface area contributed by atoms with Crippen LogP contribution in [0.4, 0.5) is 0 Å². The van der Waals surface area contributed by atoms with Crippen LogP contribution < -0.4 is 9.47 Å². The first kappa shape index (κ1) is 20.1. The fourth-order valence-corrected chi connectivity index (χ4v) is 3.89. The maximum absolute atomic E-state index is 5.90. The van der Waals surface area contributed by atoms with Crippen LogP contribution in [-0.2, 0) is 11.5 Å². The smallest absolute Gasteiger partial charge is 0.293 e. The number of furan rings is 1. The van der Waals surface area contributed by atoms with Crippen LogP contribution in [0, 0.1) is 6.92 Å². The Morgan fingerprint density at radius 2 is 1.73 bits per heavy atom. The third-order valence-electron chi connectivity index (χ3n) is 4.50. The predicted octanol–water partition coefficient (Wildman–Crippen LogP) is 5.76. The SMILES string of the molecule is COc1cc(OC)cc(-c2noc(-c3ccc(CSCc4cccc(C)c4)o3)n2)c1. The highest BCUT2D eigenvalue weighted by molar-refractivity contribution is 7.97. The molecule has 0 saturated heterocycles. The maximum atomic E-state index is 5.90. The molecule has 0 saturated carbocycles. The van der Waals surface area contributed by atoms with Crippen molar-refractivity contribution < 1.29 is 18.4 Å². The Labute approximate surface area is 179 Å². The van der Waals surface area contributed by atoms with E-state index in [1.54, 1.807) is 32.0 Å². The molecule has 2 aromatic carbocycles. The lowest BCUT2D eigenvalue weighted by atomic mass is 10.2. The van der Waals surface area contributed by atoms with Crippen LogP contribution in [0.25, 0.3) is 23.0 Å². The van der Waals surface area contributed by atoms with E-state index in [2.05, 4.69) is 41.3 Å². The van der Waals surface area contributed by atoms with Gasteiger partial charge in [0.25, 0.3) is 5.89 Å². The summed E-state index contributed by atoms with van der Waals surface area (Å²) < 4.78 is 21.9. The van der Waals surface area contributed by atoms with Crippen molar-refractivity contribution in [3.63, 3.8) is 0 Å². The highest BCUT2D eigenvalue weighted by atomic mass is 32.2. The largest absolute Gasteiger partial charge is 0.497 e. The maximum Gasteiger partial charge on any atom is 0.293 e. The van der Waals surface area contributed by atoms with E-state index in [1.165, 1.54) is 11.1 Å². The number of nitrogens with zero attached hydrogens (tertiary/aromatic N) is 2. The van der Waals surface area contributed by atoms with Crippen molar-refractivity contribution in [1.29, 1.82) is 0 Å². The molecule has 0 atom stereocenters. The summed E-state index contributed by atoms with van der Waals surface area (Å²) in [5.74, 6) is 5.20. The predicted molar refractivity (Wildman–Crippen MR) is 117 cm³/mol. The van der Waals surface area contributed by atoms with Crippen LogP contribution in [0.1, 0.15) is 16.9 Å². The van der Waals surface area contributed by atoms with Crippen molar-refractivity contribution in [2.45, 2.75) is 18.4 Å². The first-order valence-corrected chi connectivity index (χ1v) is 10.6. The molecule has 0 aliphatic carbocycles. The van der Waals surface area contributed by atoms with Gasteiger partial charge in [-0.3, -0.25) is 0 Å². The standard InChI is InChI=1S/C23H22N2O4S/c1-15-5-4-6-16(9-15)13-30-14-18-7-8-21(28-18)23-24-22(25-29-23)17-10-19(26-2)12-20(11-17)27-3/h4-12H,13-14H2,1-3H3. The molecule has 0 radical (unpaired) electrons. The van der Waals surface area contributed by atoms with Crippen LogP contribution in [0.3, 0.4) is 0 Å². The fraction of sp³-hybridized carbons (Fsp3) is 0.217. The Morgan fingerprint density at radius 1 is 0.933 bits per heavy atom. The topological polar surface area (TPSA) is 70.5 Å². The highest BCUT2D eigenvalue weighted by Gasteiger charge is 2.16. The number of rotatable bonds is 8. The second-order valence-corrected chi connectivity index (χ2v) is 7.76. The van der Waals surface area contributed by atoms with Crippen LogP contribution in [0.2, 0.25) is 0 Å². The van der Waals surface area contributed by atoms with E-state index in [9.17, 15) is 0 Å². The average molecular weight is 423 g/mol. The van der Waals surface area contributed by atoms with Crippen LogP contribution in [0.15, 0.2) is 63.5 Å². The number of aromatic nitrogens is 2. The molecule has 4 aromatic rings. The minimum Gasteiger partial charge on any atom is -0.497 e. The Morgan fingerprint density at radius 3 is 2.47 bits per heavy atom. The van der Waals surface area contributed by atoms with Crippen molar-refractivity contribution in [3.05, 3.63) is 71.5 Å². The zero-order valence-corrected chi connectivity index (χ0v) is 17.9. The lowest BCUT2D eigenvalue weighted by Crippen LogP contribution is -1.89.